The fourth-order valence-electron chi connectivity index (χ4n) is 6.74. The zero-order valence-electron chi connectivity index (χ0n) is 38.2. The SMILES string of the molecule is COc1ccc(CN(Cc2ccc(OC)cc2)S(=O)(=O)c2c(S(=O)(=O)C[C@@H](CNC(=O)OC(C)(C)C)NC(=O)OCc3ccccc3)ccc(I)c2-c2nnn(Cc3ccc(OC)cc3)n2)cc1. The summed E-state index contributed by atoms with van der Waals surface area (Å²) in [6.45, 7) is 4.09. The number of amides is 2. The maximum atomic E-state index is 15.7. The van der Waals surface area contributed by atoms with E-state index in [9.17, 15) is 9.59 Å². The first kappa shape index (κ1) is 51.1. The maximum absolute atomic E-state index is 15.7. The van der Waals surface area contributed by atoms with Crippen LogP contribution in [0.1, 0.15) is 43.0 Å². The molecule has 360 valence electrons. The first-order valence-electron chi connectivity index (χ1n) is 21.0. The minimum Gasteiger partial charge on any atom is -0.497 e. The van der Waals surface area contributed by atoms with E-state index < -0.39 is 65.8 Å². The van der Waals surface area contributed by atoms with Crippen LogP contribution in [0.2, 0.25) is 0 Å². The normalized spacial score (nSPS) is 12.2. The van der Waals surface area contributed by atoms with Crippen LogP contribution in [0, 0.1) is 3.57 Å². The molecule has 6 aromatic rings. The molecular formula is C47H52IN7O11S2. The quantitative estimate of drug-likeness (QED) is 0.0736. The van der Waals surface area contributed by atoms with Crippen LogP contribution in [0.5, 0.6) is 17.2 Å². The number of alkyl carbamates (subject to hydrolysis) is 2. The summed E-state index contributed by atoms with van der Waals surface area (Å²) in [6, 6.07) is 30.8. The molecule has 68 heavy (non-hydrogen) atoms. The molecule has 5 aromatic carbocycles. The highest BCUT2D eigenvalue weighted by Gasteiger charge is 2.38. The monoisotopic (exact) mass is 1080 g/mol. The van der Waals surface area contributed by atoms with Gasteiger partial charge >= 0.3 is 12.2 Å². The third-order valence-corrected chi connectivity index (χ3v) is 14.8. The second-order valence-electron chi connectivity index (χ2n) is 16.3. The van der Waals surface area contributed by atoms with Crippen LogP contribution < -0.4 is 24.8 Å². The molecule has 0 aliphatic heterocycles. The standard InChI is InChI=1S/C47H52IN7O11S2/c1-47(2,3)66-45(56)49-26-36(50-46(57)65-30-35-10-8-7-9-11-35)31-67(58,59)41-25-24-40(48)42(44-51-53-55(52-44)29-34-16-22-39(64-6)23-17-34)43(41)68(60,61)54(27-32-12-18-37(62-4)19-13-32)28-33-14-20-38(63-5)21-15-33/h7-25,36H,26-31H2,1-6H3,(H,49,56)(H,50,57)/t36-/m1/s1. The largest absolute Gasteiger partial charge is 0.497 e. The van der Waals surface area contributed by atoms with Gasteiger partial charge < -0.3 is 34.3 Å². The Morgan fingerprint density at radius 3 is 1.79 bits per heavy atom. The zero-order valence-corrected chi connectivity index (χ0v) is 42.0. The van der Waals surface area contributed by atoms with E-state index in [4.69, 9.17) is 23.7 Å². The Bertz CT molecular complexity index is 2830. The number of methoxy groups -OCH3 is 3. The number of carbonyl (C=O) groups excluding carboxylic acids is 2. The van der Waals surface area contributed by atoms with E-state index in [2.05, 4.69) is 26.0 Å². The third kappa shape index (κ3) is 13.9. The number of benzene rings is 5. The molecule has 1 heterocycles. The first-order chi connectivity index (χ1) is 32.4. The number of rotatable bonds is 20. The second-order valence-corrected chi connectivity index (χ2v) is 21.3. The summed E-state index contributed by atoms with van der Waals surface area (Å²) in [4.78, 5) is 26.2. The molecule has 0 unspecified atom stereocenters. The van der Waals surface area contributed by atoms with Crippen LogP contribution in [0.25, 0.3) is 11.4 Å². The molecule has 0 saturated heterocycles. The van der Waals surface area contributed by atoms with Gasteiger partial charge in [0.25, 0.3) is 0 Å². The van der Waals surface area contributed by atoms with Crippen LogP contribution in [-0.4, -0.2) is 98.8 Å². The van der Waals surface area contributed by atoms with Crippen molar-refractivity contribution >= 4 is 54.6 Å². The van der Waals surface area contributed by atoms with E-state index >= 15 is 16.8 Å². The number of hydrogen-bond donors (Lipinski definition) is 2. The summed E-state index contributed by atoms with van der Waals surface area (Å²) < 4.78 is 89.9. The van der Waals surface area contributed by atoms with Crippen molar-refractivity contribution in [1.29, 1.82) is 0 Å². The van der Waals surface area contributed by atoms with Crippen molar-refractivity contribution in [2.75, 3.05) is 33.6 Å². The molecule has 0 radical (unpaired) electrons. The molecule has 1 atom stereocenters. The molecule has 18 nitrogen and oxygen atoms in total. The van der Waals surface area contributed by atoms with Gasteiger partial charge in [0, 0.05) is 23.2 Å². The molecule has 21 heteroatoms. The minimum absolute atomic E-state index is 0.124. The van der Waals surface area contributed by atoms with Gasteiger partial charge in [-0.3, -0.25) is 0 Å². The highest BCUT2D eigenvalue weighted by Crippen LogP contribution is 2.38. The topological polar surface area (TPSA) is 219 Å². The summed E-state index contributed by atoms with van der Waals surface area (Å²) in [6.07, 6.45) is -1.87. The van der Waals surface area contributed by atoms with Gasteiger partial charge in [-0.25, -0.2) is 26.4 Å². The Hall–Kier alpha value is -6.30. The lowest BCUT2D eigenvalue weighted by molar-refractivity contribution is 0.0521. The number of aromatic nitrogens is 4. The average Bonchev–Trinajstić information content (AvgIpc) is 3.77. The number of sulfone groups is 1. The Balaban J connectivity index is 1.47. The van der Waals surface area contributed by atoms with Gasteiger partial charge in [0.1, 0.15) is 34.4 Å². The Labute approximate surface area is 409 Å². The second kappa shape index (κ2) is 22.7. The zero-order chi connectivity index (χ0) is 49.1. The van der Waals surface area contributed by atoms with Crippen LogP contribution in [-0.2, 0) is 55.6 Å². The van der Waals surface area contributed by atoms with Crippen LogP contribution in [0.3, 0.4) is 0 Å². The van der Waals surface area contributed by atoms with Gasteiger partial charge in [0.15, 0.2) is 9.84 Å². The maximum Gasteiger partial charge on any atom is 0.407 e. The number of nitrogens with one attached hydrogen (secondary N) is 2. The van der Waals surface area contributed by atoms with Crippen LogP contribution >= 0.6 is 22.6 Å². The Kier molecular flexibility index (Phi) is 17.0. The minimum atomic E-state index is -4.89. The number of tetrazole rings is 1. The number of ether oxygens (including phenoxy) is 5. The molecule has 1 aromatic heterocycles. The Morgan fingerprint density at radius 2 is 1.26 bits per heavy atom. The van der Waals surface area contributed by atoms with E-state index in [1.807, 2.05) is 34.7 Å². The summed E-state index contributed by atoms with van der Waals surface area (Å²) in [7, 11) is -5.08. The predicted octanol–water partition coefficient (Wildman–Crippen LogP) is 7.00. The number of carbonyl (C=O) groups is 2. The molecule has 0 aliphatic carbocycles. The van der Waals surface area contributed by atoms with E-state index in [-0.39, 0.29) is 37.6 Å². The van der Waals surface area contributed by atoms with Gasteiger partial charge in [-0.1, -0.05) is 66.7 Å². The van der Waals surface area contributed by atoms with E-state index in [1.165, 1.54) is 31.1 Å². The summed E-state index contributed by atoms with van der Waals surface area (Å²) in [5, 5.41) is 18.2. The third-order valence-electron chi connectivity index (χ3n) is 10.0. The fraction of sp³-hybridized carbons (Fsp3) is 0.298. The smallest absolute Gasteiger partial charge is 0.407 e. The molecule has 6 rings (SSSR count). The number of sulfonamides is 1. The lowest BCUT2D eigenvalue weighted by Gasteiger charge is -2.26. The van der Waals surface area contributed by atoms with Crippen molar-refractivity contribution in [3.05, 3.63) is 141 Å². The average molecular weight is 1080 g/mol. The van der Waals surface area contributed by atoms with Crippen molar-refractivity contribution in [3.63, 3.8) is 0 Å². The van der Waals surface area contributed by atoms with Crippen molar-refractivity contribution < 1.29 is 50.1 Å². The summed E-state index contributed by atoms with van der Waals surface area (Å²) in [5.74, 6) is 0.658. The molecule has 0 spiro atoms. The molecule has 2 amide bonds. The van der Waals surface area contributed by atoms with Crippen molar-refractivity contribution in [2.24, 2.45) is 0 Å². The summed E-state index contributed by atoms with van der Waals surface area (Å²) in [5.41, 5.74) is 1.55. The lowest BCUT2D eigenvalue weighted by Crippen LogP contribution is -2.48. The van der Waals surface area contributed by atoms with Gasteiger partial charge in [-0.15, -0.1) is 10.2 Å². The van der Waals surface area contributed by atoms with E-state index in [0.29, 0.717) is 37.5 Å². The number of halogens is 1. The molecule has 0 fully saturated rings. The first-order valence-corrected chi connectivity index (χ1v) is 25.2. The van der Waals surface area contributed by atoms with Crippen molar-refractivity contribution in [2.45, 2.75) is 68.4 Å². The number of nitrogens with zero attached hydrogens (tertiary/aromatic N) is 5. The van der Waals surface area contributed by atoms with E-state index in [0.717, 1.165) is 9.87 Å². The fourth-order valence-corrected chi connectivity index (χ4v) is 11.6. The van der Waals surface area contributed by atoms with Gasteiger partial charge in [0.2, 0.25) is 15.8 Å². The van der Waals surface area contributed by atoms with Gasteiger partial charge in [-0.2, -0.15) is 9.10 Å². The number of hydrogen-bond acceptors (Lipinski definition) is 14. The molecular weight excluding hydrogens is 1030 g/mol. The highest BCUT2D eigenvalue weighted by molar-refractivity contribution is 14.1. The molecule has 0 aliphatic rings. The molecule has 2 N–H and O–H groups in total. The van der Waals surface area contributed by atoms with Crippen molar-refractivity contribution in [3.8, 4) is 28.6 Å². The Morgan fingerprint density at radius 1 is 0.721 bits per heavy atom. The van der Waals surface area contributed by atoms with Crippen LogP contribution in [0.4, 0.5) is 9.59 Å². The lowest BCUT2D eigenvalue weighted by atomic mass is 10.2. The molecule has 0 bridgehead atoms. The predicted molar refractivity (Wildman–Crippen MR) is 260 cm³/mol. The summed E-state index contributed by atoms with van der Waals surface area (Å²) >= 11 is 1.92. The molecule has 0 saturated carbocycles. The van der Waals surface area contributed by atoms with Crippen LogP contribution in [0.15, 0.2) is 125 Å². The van der Waals surface area contributed by atoms with Gasteiger partial charge in [-0.05, 0) is 119 Å². The van der Waals surface area contributed by atoms with E-state index in [1.54, 1.807) is 119 Å². The highest BCUT2D eigenvalue weighted by atomic mass is 127. The van der Waals surface area contributed by atoms with Gasteiger partial charge in [0.05, 0.1) is 50.1 Å². The van der Waals surface area contributed by atoms with Crippen molar-refractivity contribution in [1.82, 2.24) is 35.1 Å².